The molecule has 0 heterocycles. The minimum atomic E-state index is 0.492. The molecule has 15 heavy (non-hydrogen) atoms. The zero-order valence-corrected chi connectivity index (χ0v) is 10.4. The van der Waals surface area contributed by atoms with Crippen LogP contribution in [0.5, 0.6) is 0 Å². The van der Waals surface area contributed by atoms with Crippen molar-refractivity contribution in [2.75, 3.05) is 11.9 Å². The Bertz CT molecular complexity index is 325. The summed E-state index contributed by atoms with van der Waals surface area (Å²) in [6.07, 6.45) is 1.10. The fraction of sp³-hybridized carbons (Fsp3) is 0.500. The number of hydrogen-bond donors (Lipinski definition) is 1. The van der Waals surface area contributed by atoms with E-state index in [9.17, 15) is 0 Å². The molecule has 1 atom stereocenters. The number of nitrogens with zero attached hydrogens (tertiary/aromatic N) is 1. The summed E-state index contributed by atoms with van der Waals surface area (Å²) >= 11 is 6.21. The van der Waals surface area contributed by atoms with Crippen molar-refractivity contribution >= 4 is 17.3 Å². The van der Waals surface area contributed by atoms with Crippen molar-refractivity contribution in [1.82, 2.24) is 0 Å². The fourth-order valence-corrected chi connectivity index (χ4v) is 1.81. The molecule has 0 aliphatic heterocycles. The van der Waals surface area contributed by atoms with Crippen LogP contribution in [-0.2, 0) is 6.54 Å². The van der Waals surface area contributed by atoms with E-state index < -0.39 is 0 Å². The second-order valence-corrected chi connectivity index (χ2v) is 4.27. The molecular formula is C12H19ClN2. The molecule has 0 saturated carbocycles. The predicted molar refractivity (Wildman–Crippen MR) is 67.5 cm³/mol. The van der Waals surface area contributed by atoms with Gasteiger partial charge in [-0.05, 0) is 31.0 Å². The summed E-state index contributed by atoms with van der Waals surface area (Å²) in [5.74, 6) is 0. The average Bonchev–Trinajstić information content (AvgIpc) is 2.26. The Labute approximate surface area is 97.0 Å². The Morgan fingerprint density at radius 1 is 1.47 bits per heavy atom. The van der Waals surface area contributed by atoms with E-state index >= 15 is 0 Å². The summed E-state index contributed by atoms with van der Waals surface area (Å²) in [6.45, 7) is 4.89. The van der Waals surface area contributed by atoms with Gasteiger partial charge in [-0.3, -0.25) is 0 Å². The van der Waals surface area contributed by atoms with Gasteiger partial charge >= 0.3 is 0 Å². The first-order chi connectivity index (χ1) is 7.10. The van der Waals surface area contributed by atoms with Gasteiger partial charge in [0.05, 0.1) is 10.7 Å². The number of benzene rings is 1. The van der Waals surface area contributed by atoms with Gasteiger partial charge in [0.15, 0.2) is 0 Å². The SMILES string of the molecule is CCC(C)N(C)c1ccc(CN)cc1Cl. The largest absolute Gasteiger partial charge is 0.371 e. The van der Waals surface area contributed by atoms with Gasteiger partial charge in [-0.2, -0.15) is 0 Å². The monoisotopic (exact) mass is 226 g/mol. The van der Waals surface area contributed by atoms with Gasteiger partial charge in [0.25, 0.3) is 0 Å². The normalized spacial score (nSPS) is 12.6. The van der Waals surface area contributed by atoms with E-state index in [1.807, 2.05) is 18.2 Å². The van der Waals surface area contributed by atoms with E-state index in [4.69, 9.17) is 17.3 Å². The molecule has 0 radical (unpaired) electrons. The Balaban J connectivity index is 2.95. The molecule has 0 aliphatic carbocycles. The first-order valence-corrected chi connectivity index (χ1v) is 5.69. The van der Waals surface area contributed by atoms with Gasteiger partial charge in [-0.1, -0.05) is 24.6 Å². The lowest BCUT2D eigenvalue weighted by molar-refractivity contribution is 0.664. The highest BCUT2D eigenvalue weighted by atomic mass is 35.5. The van der Waals surface area contributed by atoms with Crippen LogP contribution in [0.2, 0.25) is 5.02 Å². The molecule has 0 fully saturated rings. The van der Waals surface area contributed by atoms with Gasteiger partial charge in [0, 0.05) is 19.6 Å². The lowest BCUT2D eigenvalue weighted by Crippen LogP contribution is -2.28. The molecule has 0 bridgehead atoms. The third kappa shape index (κ3) is 2.86. The molecule has 3 heteroatoms. The maximum atomic E-state index is 6.21. The number of anilines is 1. The van der Waals surface area contributed by atoms with Crippen LogP contribution in [0, 0.1) is 0 Å². The summed E-state index contributed by atoms with van der Waals surface area (Å²) in [4.78, 5) is 2.20. The molecular weight excluding hydrogens is 208 g/mol. The van der Waals surface area contributed by atoms with Crippen LogP contribution >= 0.6 is 11.6 Å². The fourth-order valence-electron chi connectivity index (χ4n) is 1.47. The van der Waals surface area contributed by atoms with Gasteiger partial charge in [-0.25, -0.2) is 0 Å². The lowest BCUT2D eigenvalue weighted by Gasteiger charge is -2.27. The van der Waals surface area contributed by atoms with E-state index in [1.54, 1.807) is 0 Å². The molecule has 0 spiro atoms. The third-order valence-corrected chi connectivity index (χ3v) is 3.18. The molecule has 0 aromatic heterocycles. The van der Waals surface area contributed by atoms with Crippen LogP contribution in [0.3, 0.4) is 0 Å². The number of nitrogens with two attached hydrogens (primary N) is 1. The maximum Gasteiger partial charge on any atom is 0.0642 e. The van der Waals surface area contributed by atoms with Crippen molar-refractivity contribution in [3.63, 3.8) is 0 Å². The smallest absolute Gasteiger partial charge is 0.0642 e. The molecule has 0 amide bonds. The molecule has 84 valence electrons. The Kier molecular flexibility index (Phi) is 4.43. The highest BCUT2D eigenvalue weighted by Gasteiger charge is 2.11. The summed E-state index contributed by atoms with van der Waals surface area (Å²) in [5.41, 5.74) is 7.70. The minimum Gasteiger partial charge on any atom is -0.371 e. The molecule has 2 N–H and O–H groups in total. The van der Waals surface area contributed by atoms with E-state index in [0.717, 1.165) is 22.7 Å². The zero-order valence-electron chi connectivity index (χ0n) is 9.63. The molecule has 0 saturated heterocycles. The first kappa shape index (κ1) is 12.3. The van der Waals surface area contributed by atoms with Gasteiger partial charge in [0.1, 0.15) is 0 Å². The zero-order chi connectivity index (χ0) is 11.4. The second-order valence-electron chi connectivity index (χ2n) is 3.86. The van der Waals surface area contributed by atoms with Gasteiger partial charge in [-0.15, -0.1) is 0 Å². The first-order valence-electron chi connectivity index (χ1n) is 5.31. The van der Waals surface area contributed by atoms with Crippen molar-refractivity contribution in [2.24, 2.45) is 5.73 Å². The van der Waals surface area contributed by atoms with Crippen LogP contribution in [0.25, 0.3) is 0 Å². The van der Waals surface area contributed by atoms with E-state index in [1.165, 1.54) is 0 Å². The number of rotatable bonds is 4. The van der Waals surface area contributed by atoms with Crippen LogP contribution in [-0.4, -0.2) is 13.1 Å². The molecule has 1 unspecified atom stereocenters. The van der Waals surface area contributed by atoms with Gasteiger partial charge < -0.3 is 10.6 Å². The highest BCUT2D eigenvalue weighted by molar-refractivity contribution is 6.33. The maximum absolute atomic E-state index is 6.21. The van der Waals surface area contributed by atoms with E-state index in [-0.39, 0.29) is 0 Å². The van der Waals surface area contributed by atoms with Crippen molar-refractivity contribution in [3.8, 4) is 0 Å². The molecule has 0 aliphatic rings. The standard InChI is InChI=1S/C12H19ClN2/c1-4-9(2)15(3)12-6-5-10(8-14)7-11(12)13/h5-7,9H,4,8,14H2,1-3H3. The van der Waals surface area contributed by atoms with E-state index in [0.29, 0.717) is 12.6 Å². The highest BCUT2D eigenvalue weighted by Crippen LogP contribution is 2.27. The molecule has 2 nitrogen and oxygen atoms in total. The van der Waals surface area contributed by atoms with Crippen molar-refractivity contribution in [2.45, 2.75) is 32.9 Å². The van der Waals surface area contributed by atoms with Crippen LogP contribution < -0.4 is 10.6 Å². The van der Waals surface area contributed by atoms with Crippen molar-refractivity contribution < 1.29 is 0 Å². The molecule has 1 aromatic carbocycles. The lowest BCUT2D eigenvalue weighted by atomic mass is 10.1. The van der Waals surface area contributed by atoms with Crippen LogP contribution in [0.4, 0.5) is 5.69 Å². The number of hydrogen-bond acceptors (Lipinski definition) is 2. The Morgan fingerprint density at radius 2 is 2.13 bits per heavy atom. The summed E-state index contributed by atoms with van der Waals surface area (Å²) in [5, 5.41) is 0.778. The molecule has 1 rings (SSSR count). The third-order valence-electron chi connectivity index (χ3n) is 2.88. The van der Waals surface area contributed by atoms with Crippen LogP contribution in [0.1, 0.15) is 25.8 Å². The average molecular weight is 227 g/mol. The predicted octanol–water partition coefficient (Wildman–Crippen LogP) is 3.03. The Hall–Kier alpha value is -0.730. The van der Waals surface area contributed by atoms with Crippen LogP contribution in [0.15, 0.2) is 18.2 Å². The quantitative estimate of drug-likeness (QED) is 0.855. The summed E-state index contributed by atoms with van der Waals surface area (Å²) in [6, 6.07) is 6.50. The van der Waals surface area contributed by atoms with E-state index in [2.05, 4.69) is 25.8 Å². The van der Waals surface area contributed by atoms with Crippen molar-refractivity contribution in [1.29, 1.82) is 0 Å². The summed E-state index contributed by atoms with van der Waals surface area (Å²) in [7, 11) is 2.07. The molecule has 1 aromatic rings. The Morgan fingerprint density at radius 3 is 2.60 bits per heavy atom. The number of halogens is 1. The van der Waals surface area contributed by atoms with Gasteiger partial charge in [0.2, 0.25) is 0 Å². The topological polar surface area (TPSA) is 29.3 Å². The van der Waals surface area contributed by atoms with Crippen molar-refractivity contribution in [3.05, 3.63) is 28.8 Å². The second kappa shape index (κ2) is 5.38. The minimum absolute atomic E-state index is 0.492. The summed E-state index contributed by atoms with van der Waals surface area (Å²) < 4.78 is 0.